The standard InChI is InChI=1S/C45H27N3S/c1-2-12-31(13-3-1)43-46-44(32-21-18-29(19-22-32)34-23-20-28-10-4-5-14-33(28)26-34)48-45(47-43)41-37-17-9-7-15-35(37)27-39-42(41)40-36-16-8-6-11-30(36)24-25-38(40)49-39/h1-27H. The minimum absolute atomic E-state index is 0.652. The lowest BCUT2D eigenvalue weighted by Gasteiger charge is -2.13. The van der Waals surface area contributed by atoms with Crippen LogP contribution in [0.1, 0.15) is 0 Å². The highest BCUT2D eigenvalue weighted by Gasteiger charge is 2.21. The minimum atomic E-state index is 0.652. The van der Waals surface area contributed by atoms with Crippen molar-refractivity contribution >= 4 is 63.8 Å². The summed E-state index contributed by atoms with van der Waals surface area (Å²) in [6.45, 7) is 0. The van der Waals surface area contributed by atoms with Gasteiger partial charge in [-0.15, -0.1) is 11.3 Å². The first-order valence-corrected chi connectivity index (χ1v) is 17.3. The highest BCUT2D eigenvalue weighted by Crippen LogP contribution is 2.46. The van der Waals surface area contributed by atoms with Gasteiger partial charge in [-0.1, -0.05) is 146 Å². The number of aromatic nitrogens is 3. The molecule has 4 heteroatoms. The monoisotopic (exact) mass is 641 g/mol. The summed E-state index contributed by atoms with van der Waals surface area (Å²) in [7, 11) is 0. The zero-order valence-corrected chi connectivity index (χ0v) is 27.2. The normalized spacial score (nSPS) is 11.7. The molecule has 228 valence electrons. The van der Waals surface area contributed by atoms with E-state index < -0.39 is 0 Å². The Hall–Kier alpha value is -6.23. The summed E-state index contributed by atoms with van der Waals surface area (Å²) >= 11 is 1.83. The molecule has 0 amide bonds. The third-order valence-electron chi connectivity index (χ3n) is 9.49. The molecule has 49 heavy (non-hydrogen) atoms. The average Bonchev–Trinajstić information content (AvgIpc) is 3.55. The minimum Gasteiger partial charge on any atom is -0.208 e. The Bertz CT molecular complexity index is 2870. The number of rotatable bonds is 4. The van der Waals surface area contributed by atoms with Crippen LogP contribution in [0.3, 0.4) is 0 Å². The molecule has 0 spiro atoms. The molecule has 2 aromatic heterocycles. The maximum Gasteiger partial charge on any atom is 0.165 e. The number of benzene rings is 8. The lowest BCUT2D eigenvalue weighted by Crippen LogP contribution is -2.01. The zero-order chi connectivity index (χ0) is 32.3. The SMILES string of the molecule is c1ccc(-c2nc(-c3ccc(-c4ccc5ccccc5c4)cc3)nc(-c3c4ccccc4cc4sc5ccc6ccccc6c5c34)n2)cc1. The Balaban J connectivity index is 1.22. The van der Waals surface area contributed by atoms with E-state index >= 15 is 0 Å². The van der Waals surface area contributed by atoms with Crippen LogP contribution in [0.25, 0.3) is 97.8 Å². The van der Waals surface area contributed by atoms with Crippen LogP contribution < -0.4 is 0 Å². The molecule has 0 bridgehead atoms. The van der Waals surface area contributed by atoms with Crippen LogP contribution in [0.5, 0.6) is 0 Å². The molecule has 10 aromatic rings. The molecule has 3 nitrogen and oxygen atoms in total. The van der Waals surface area contributed by atoms with Gasteiger partial charge in [-0.2, -0.15) is 0 Å². The highest BCUT2D eigenvalue weighted by atomic mass is 32.1. The van der Waals surface area contributed by atoms with Crippen LogP contribution in [-0.2, 0) is 0 Å². The van der Waals surface area contributed by atoms with Gasteiger partial charge >= 0.3 is 0 Å². The second kappa shape index (κ2) is 11.2. The molecule has 8 aromatic carbocycles. The molecule has 0 aliphatic heterocycles. The maximum atomic E-state index is 5.29. The topological polar surface area (TPSA) is 38.7 Å². The molecule has 0 aliphatic rings. The van der Waals surface area contributed by atoms with Gasteiger partial charge in [0.1, 0.15) is 0 Å². The first-order chi connectivity index (χ1) is 24.3. The third kappa shape index (κ3) is 4.68. The molecule has 0 saturated carbocycles. The summed E-state index contributed by atoms with van der Waals surface area (Å²) in [5.74, 6) is 1.99. The predicted octanol–water partition coefficient (Wildman–Crippen LogP) is 12.4. The predicted molar refractivity (Wildman–Crippen MR) is 207 cm³/mol. The van der Waals surface area contributed by atoms with Gasteiger partial charge in [-0.25, -0.2) is 15.0 Å². The Labute approximate surface area is 286 Å². The molecular weight excluding hydrogens is 615 g/mol. The molecule has 10 rings (SSSR count). The highest BCUT2D eigenvalue weighted by molar-refractivity contribution is 7.26. The number of thiophene rings is 1. The largest absolute Gasteiger partial charge is 0.208 e. The van der Waals surface area contributed by atoms with Crippen LogP contribution >= 0.6 is 11.3 Å². The van der Waals surface area contributed by atoms with Crippen LogP contribution in [0.15, 0.2) is 164 Å². The summed E-state index contributed by atoms with van der Waals surface area (Å²) in [6, 6.07) is 58.0. The third-order valence-corrected chi connectivity index (χ3v) is 10.6. The molecule has 0 fully saturated rings. The molecule has 2 heterocycles. The fraction of sp³-hybridized carbons (Fsp3) is 0. The summed E-state index contributed by atoms with van der Waals surface area (Å²) in [6.07, 6.45) is 0. The first-order valence-electron chi connectivity index (χ1n) is 16.4. The van der Waals surface area contributed by atoms with Gasteiger partial charge in [0.2, 0.25) is 0 Å². The Morgan fingerprint density at radius 1 is 0.327 bits per heavy atom. The molecule has 0 aliphatic carbocycles. The fourth-order valence-electron chi connectivity index (χ4n) is 7.11. The van der Waals surface area contributed by atoms with Crippen molar-refractivity contribution in [3.8, 4) is 45.3 Å². The van der Waals surface area contributed by atoms with Crippen molar-refractivity contribution in [1.29, 1.82) is 0 Å². The Morgan fingerprint density at radius 2 is 0.898 bits per heavy atom. The van der Waals surface area contributed by atoms with E-state index in [1.807, 2.05) is 29.5 Å². The summed E-state index contributed by atoms with van der Waals surface area (Å²) < 4.78 is 2.48. The number of hydrogen-bond acceptors (Lipinski definition) is 4. The first kappa shape index (κ1) is 27.8. The van der Waals surface area contributed by atoms with Crippen molar-refractivity contribution in [1.82, 2.24) is 15.0 Å². The van der Waals surface area contributed by atoms with E-state index in [4.69, 9.17) is 15.0 Å². The van der Waals surface area contributed by atoms with Crippen LogP contribution in [-0.4, -0.2) is 15.0 Å². The van der Waals surface area contributed by atoms with Gasteiger partial charge in [0.15, 0.2) is 17.5 Å². The van der Waals surface area contributed by atoms with Gasteiger partial charge in [0, 0.05) is 36.9 Å². The lowest BCUT2D eigenvalue weighted by atomic mass is 9.95. The molecule has 0 saturated heterocycles. The molecule has 0 N–H and O–H groups in total. The second-order valence-corrected chi connectivity index (χ2v) is 13.5. The van der Waals surface area contributed by atoms with Crippen molar-refractivity contribution < 1.29 is 0 Å². The molecule has 0 atom stereocenters. The lowest BCUT2D eigenvalue weighted by molar-refractivity contribution is 1.08. The van der Waals surface area contributed by atoms with Crippen molar-refractivity contribution in [3.63, 3.8) is 0 Å². The summed E-state index contributed by atoms with van der Waals surface area (Å²) in [5, 5.41) is 9.68. The average molecular weight is 642 g/mol. The summed E-state index contributed by atoms with van der Waals surface area (Å²) in [5.41, 5.74) is 5.28. The van der Waals surface area contributed by atoms with E-state index in [1.54, 1.807) is 0 Å². The van der Waals surface area contributed by atoms with E-state index in [1.165, 1.54) is 52.7 Å². The van der Waals surface area contributed by atoms with Crippen LogP contribution in [0, 0.1) is 0 Å². The fourth-order valence-corrected chi connectivity index (χ4v) is 8.29. The van der Waals surface area contributed by atoms with Crippen molar-refractivity contribution in [2.75, 3.05) is 0 Å². The number of hydrogen-bond donors (Lipinski definition) is 0. The zero-order valence-electron chi connectivity index (χ0n) is 26.3. The second-order valence-electron chi connectivity index (χ2n) is 12.4. The van der Waals surface area contributed by atoms with Crippen molar-refractivity contribution in [2.45, 2.75) is 0 Å². The smallest absolute Gasteiger partial charge is 0.165 e. The number of fused-ring (bicyclic) bond motifs is 7. The quantitative estimate of drug-likeness (QED) is 0.192. The molecule has 0 unspecified atom stereocenters. The molecular formula is C45H27N3S. The van der Waals surface area contributed by atoms with Gasteiger partial charge in [-0.05, 0) is 61.6 Å². The van der Waals surface area contributed by atoms with E-state index in [-0.39, 0.29) is 0 Å². The Kier molecular flexibility index (Phi) is 6.36. The van der Waals surface area contributed by atoms with Gasteiger partial charge in [0.05, 0.1) is 0 Å². The van der Waals surface area contributed by atoms with Crippen LogP contribution in [0.2, 0.25) is 0 Å². The maximum absolute atomic E-state index is 5.29. The van der Waals surface area contributed by atoms with Crippen molar-refractivity contribution in [3.05, 3.63) is 164 Å². The van der Waals surface area contributed by atoms with Gasteiger partial charge in [-0.3, -0.25) is 0 Å². The summed E-state index contributed by atoms with van der Waals surface area (Å²) in [4.78, 5) is 15.6. The van der Waals surface area contributed by atoms with Crippen molar-refractivity contribution in [2.24, 2.45) is 0 Å². The van der Waals surface area contributed by atoms with E-state index in [9.17, 15) is 0 Å². The van der Waals surface area contributed by atoms with Crippen LogP contribution in [0.4, 0.5) is 0 Å². The van der Waals surface area contributed by atoms with Gasteiger partial charge < -0.3 is 0 Å². The van der Waals surface area contributed by atoms with Gasteiger partial charge in [0.25, 0.3) is 0 Å². The Morgan fingerprint density at radius 3 is 1.69 bits per heavy atom. The van der Waals surface area contributed by atoms with E-state index in [0.29, 0.717) is 17.5 Å². The van der Waals surface area contributed by atoms with E-state index in [0.717, 1.165) is 27.6 Å². The van der Waals surface area contributed by atoms with E-state index in [2.05, 4.69) is 146 Å². The molecule has 0 radical (unpaired) electrons. The number of nitrogens with zero attached hydrogens (tertiary/aromatic N) is 3.